The molecular formula is C19H19N7. The van der Waals surface area contributed by atoms with Crippen LogP contribution < -0.4 is 5.32 Å². The SMILES string of the molecule is Cc1nn(C)c2nc(-c3cccnc3)nc(NCCc3ccncc3)c12. The van der Waals surface area contributed by atoms with Gasteiger partial charge in [-0.2, -0.15) is 5.10 Å². The maximum Gasteiger partial charge on any atom is 0.165 e. The summed E-state index contributed by atoms with van der Waals surface area (Å²) in [7, 11) is 1.90. The number of aromatic nitrogens is 6. The molecule has 26 heavy (non-hydrogen) atoms. The molecule has 130 valence electrons. The fourth-order valence-corrected chi connectivity index (χ4v) is 2.97. The highest BCUT2D eigenvalue weighted by Gasteiger charge is 2.15. The first kappa shape index (κ1) is 16.1. The lowest BCUT2D eigenvalue weighted by atomic mass is 10.2. The number of nitrogens with one attached hydrogen (secondary N) is 1. The Kier molecular flexibility index (Phi) is 4.27. The predicted octanol–water partition coefficient (Wildman–Crippen LogP) is 2.78. The minimum atomic E-state index is 0.639. The highest BCUT2D eigenvalue weighted by molar-refractivity contribution is 5.90. The average Bonchev–Trinajstić information content (AvgIpc) is 2.97. The van der Waals surface area contributed by atoms with Crippen molar-refractivity contribution in [2.75, 3.05) is 11.9 Å². The third kappa shape index (κ3) is 3.11. The van der Waals surface area contributed by atoms with Gasteiger partial charge in [0.2, 0.25) is 0 Å². The van der Waals surface area contributed by atoms with E-state index in [4.69, 9.17) is 9.97 Å². The van der Waals surface area contributed by atoms with Gasteiger partial charge in [-0.05, 0) is 43.2 Å². The van der Waals surface area contributed by atoms with E-state index in [1.165, 1.54) is 5.56 Å². The minimum absolute atomic E-state index is 0.639. The molecule has 1 N–H and O–H groups in total. The Bertz CT molecular complexity index is 1030. The van der Waals surface area contributed by atoms with Gasteiger partial charge in [-0.3, -0.25) is 14.6 Å². The second kappa shape index (κ2) is 6.87. The van der Waals surface area contributed by atoms with Crippen molar-refractivity contribution < 1.29 is 0 Å². The van der Waals surface area contributed by atoms with Gasteiger partial charge in [-0.1, -0.05) is 0 Å². The van der Waals surface area contributed by atoms with E-state index >= 15 is 0 Å². The van der Waals surface area contributed by atoms with Gasteiger partial charge in [-0.25, -0.2) is 9.97 Å². The number of hydrogen-bond acceptors (Lipinski definition) is 6. The number of aryl methyl sites for hydroxylation is 2. The number of anilines is 1. The van der Waals surface area contributed by atoms with Gasteiger partial charge < -0.3 is 5.32 Å². The molecule has 7 heteroatoms. The molecule has 0 unspecified atom stereocenters. The number of hydrogen-bond donors (Lipinski definition) is 1. The zero-order valence-corrected chi connectivity index (χ0v) is 14.7. The van der Waals surface area contributed by atoms with Crippen molar-refractivity contribution in [3.8, 4) is 11.4 Å². The molecule has 0 amide bonds. The number of pyridine rings is 2. The van der Waals surface area contributed by atoms with E-state index in [0.29, 0.717) is 5.82 Å². The van der Waals surface area contributed by atoms with E-state index < -0.39 is 0 Å². The highest BCUT2D eigenvalue weighted by atomic mass is 15.3. The largest absolute Gasteiger partial charge is 0.369 e. The van der Waals surface area contributed by atoms with Crippen LogP contribution in [0.5, 0.6) is 0 Å². The molecule has 0 atom stereocenters. The van der Waals surface area contributed by atoms with Gasteiger partial charge in [0.1, 0.15) is 5.82 Å². The normalized spacial score (nSPS) is 11.0. The van der Waals surface area contributed by atoms with E-state index in [-0.39, 0.29) is 0 Å². The minimum Gasteiger partial charge on any atom is -0.369 e. The summed E-state index contributed by atoms with van der Waals surface area (Å²) in [6.45, 7) is 2.74. The Morgan fingerprint density at radius 2 is 1.88 bits per heavy atom. The Labute approximate surface area is 151 Å². The van der Waals surface area contributed by atoms with Crippen molar-refractivity contribution in [1.82, 2.24) is 29.7 Å². The Balaban J connectivity index is 1.69. The topological polar surface area (TPSA) is 81.4 Å². The first-order valence-corrected chi connectivity index (χ1v) is 8.47. The summed E-state index contributed by atoms with van der Waals surface area (Å²) in [4.78, 5) is 17.7. The van der Waals surface area contributed by atoms with Crippen LogP contribution in [-0.4, -0.2) is 36.3 Å². The van der Waals surface area contributed by atoms with Crippen LogP contribution in [0.3, 0.4) is 0 Å². The summed E-state index contributed by atoms with van der Waals surface area (Å²) in [5.41, 5.74) is 3.83. The lowest BCUT2D eigenvalue weighted by Gasteiger charge is -2.09. The quantitative estimate of drug-likeness (QED) is 0.599. The zero-order valence-electron chi connectivity index (χ0n) is 14.7. The van der Waals surface area contributed by atoms with Gasteiger partial charge in [0.05, 0.1) is 11.1 Å². The Morgan fingerprint density at radius 3 is 2.65 bits per heavy atom. The Hall–Kier alpha value is -3.35. The summed E-state index contributed by atoms with van der Waals surface area (Å²) in [5, 5.41) is 8.91. The summed E-state index contributed by atoms with van der Waals surface area (Å²) < 4.78 is 1.79. The maximum absolute atomic E-state index is 4.75. The van der Waals surface area contributed by atoms with Gasteiger partial charge >= 0.3 is 0 Å². The third-order valence-corrected chi connectivity index (χ3v) is 4.23. The molecule has 7 nitrogen and oxygen atoms in total. The van der Waals surface area contributed by atoms with Crippen LogP contribution in [0.2, 0.25) is 0 Å². The van der Waals surface area contributed by atoms with Crippen molar-refractivity contribution >= 4 is 16.9 Å². The van der Waals surface area contributed by atoms with E-state index in [2.05, 4.69) is 20.4 Å². The van der Waals surface area contributed by atoms with Crippen LogP contribution in [0.15, 0.2) is 49.1 Å². The standard InChI is InChI=1S/C19H19N7/c1-13-16-18(22-11-7-14-5-9-20-10-6-14)23-17(15-4-3-8-21-12-15)24-19(16)26(2)25-13/h3-6,8-10,12H,7,11H2,1-2H3,(H,22,23,24). The molecule has 0 saturated heterocycles. The van der Waals surface area contributed by atoms with Crippen LogP contribution in [0, 0.1) is 6.92 Å². The molecule has 0 aliphatic rings. The van der Waals surface area contributed by atoms with Gasteiger partial charge in [0, 0.05) is 43.9 Å². The van der Waals surface area contributed by atoms with E-state index in [0.717, 1.165) is 41.1 Å². The van der Waals surface area contributed by atoms with Crippen molar-refractivity contribution in [3.05, 3.63) is 60.3 Å². The summed E-state index contributed by atoms with van der Waals surface area (Å²) in [5.74, 6) is 1.44. The molecule has 4 rings (SSSR count). The predicted molar refractivity (Wildman–Crippen MR) is 101 cm³/mol. The molecule has 0 spiro atoms. The van der Waals surface area contributed by atoms with Crippen molar-refractivity contribution in [3.63, 3.8) is 0 Å². The molecule has 0 bridgehead atoms. The van der Waals surface area contributed by atoms with Crippen LogP contribution in [0.4, 0.5) is 5.82 Å². The van der Waals surface area contributed by atoms with Crippen molar-refractivity contribution in [2.24, 2.45) is 7.05 Å². The lowest BCUT2D eigenvalue weighted by Crippen LogP contribution is -2.08. The number of rotatable bonds is 5. The van der Waals surface area contributed by atoms with Gasteiger partial charge in [-0.15, -0.1) is 0 Å². The highest BCUT2D eigenvalue weighted by Crippen LogP contribution is 2.26. The average molecular weight is 345 g/mol. The fourth-order valence-electron chi connectivity index (χ4n) is 2.97. The smallest absolute Gasteiger partial charge is 0.165 e. The molecule has 4 aromatic rings. The van der Waals surface area contributed by atoms with E-state index in [1.807, 2.05) is 50.6 Å². The number of fused-ring (bicyclic) bond motifs is 1. The summed E-state index contributed by atoms with van der Waals surface area (Å²) in [6.07, 6.45) is 8.01. The molecule has 0 saturated carbocycles. The van der Waals surface area contributed by atoms with E-state index in [1.54, 1.807) is 17.1 Å². The van der Waals surface area contributed by atoms with Crippen molar-refractivity contribution in [1.29, 1.82) is 0 Å². The fraction of sp³-hybridized carbons (Fsp3) is 0.211. The van der Waals surface area contributed by atoms with Crippen molar-refractivity contribution in [2.45, 2.75) is 13.3 Å². The molecule has 0 aromatic carbocycles. The third-order valence-electron chi connectivity index (χ3n) is 4.23. The van der Waals surface area contributed by atoms with Gasteiger partial charge in [0.25, 0.3) is 0 Å². The summed E-state index contributed by atoms with van der Waals surface area (Å²) in [6, 6.07) is 7.88. The molecular weight excluding hydrogens is 326 g/mol. The molecule has 0 fully saturated rings. The van der Waals surface area contributed by atoms with Crippen LogP contribution >= 0.6 is 0 Å². The monoisotopic (exact) mass is 345 g/mol. The maximum atomic E-state index is 4.75. The lowest BCUT2D eigenvalue weighted by molar-refractivity contribution is 0.773. The Morgan fingerprint density at radius 1 is 1.04 bits per heavy atom. The van der Waals surface area contributed by atoms with Crippen LogP contribution in [0.25, 0.3) is 22.4 Å². The number of nitrogens with zero attached hydrogens (tertiary/aromatic N) is 6. The second-order valence-electron chi connectivity index (χ2n) is 6.08. The molecule has 0 aliphatic carbocycles. The summed E-state index contributed by atoms with van der Waals surface area (Å²) >= 11 is 0. The first-order chi connectivity index (χ1) is 12.7. The van der Waals surface area contributed by atoms with Gasteiger partial charge in [0.15, 0.2) is 11.5 Å². The molecule has 0 radical (unpaired) electrons. The second-order valence-corrected chi connectivity index (χ2v) is 6.08. The molecule has 4 aromatic heterocycles. The first-order valence-electron chi connectivity index (χ1n) is 8.47. The molecule has 0 aliphatic heterocycles. The van der Waals surface area contributed by atoms with E-state index in [9.17, 15) is 0 Å². The molecule has 4 heterocycles. The van der Waals surface area contributed by atoms with Crippen LogP contribution in [-0.2, 0) is 13.5 Å². The van der Waals surface area contributed by atoms with Crippen LogP contribution in [0.1, 0.15) is 11.3 Å². The zero-order chi connectivity index (χ0) is 17.9.